The molecule has 0 saturated carbocycles. The van der Waals surface area contributed by atoms with Crippen molar-refractivity contribution in [2.45, 2.75) is 0 Å². The van der Waals surface area contributed by atoms with Gasteiger partial charge in [-0.25, -0.2) is 9.97 Å². The highest BCUT2D eigenvalue weighted by molar-refractivity contribution is 6.31. The number of rotatable bonds is 5. The SMILES string of the molecule is c1ccc(-c2ccc(-c3nc(-n4c5ccc6c7ccccc7oc6c5c5ccc6c(c7ccccc7n6-c6cccc(-c7ccccc7)c6)c54)nc4ccccc34)cc2)cc1. The van der Waals surface area contributed by atoms with E-state index in [9.17, 15) is 0 Å². The quantitative estimate of drug-likeness (QED) is 0.175. The average Bonchev–Trinajstić information content (AvgIpc) is 4.00. The van der Waals surface area contributed by atoms with Crippen LogP contribution in [0.25, 0.3) is 122 Å². The Kier molecular flexibility index (Phi) is 7.24. The molecule has 4 aromatic heterocycles. The number of para-hydroxylation sites is 3. The number of hydrogen-bond donors (Lipinski definition) is 0. The average molecular weight is 779 g/mol. The van der Waals surface area contributed by atoms with Gasteiger partial charge in [-0.1, -0.05) is 152 Å². The molecule has 0 saturated heterocycles. The van der Waals surface area contributed by atoms with Crippen LogP contribution in [0.1, 0.15) is 0 Å². The summed E-state index contributed by atoms with van der Waals surface area (Å²) >= 11 is 0. The summed E-state index contributed by atoms with van der Waals surface area (Å²) < 4.78 is 11.5. The van der Waals surface area contributed by atoms with Crippen LogP contribution in [0, 0.1) is 0 Å². The molecule has 61 heavy (non-hydrogen) atoms. The van der Waals surface area contributed by atoms with E-state index in [1.54, 1.807) is 0 Å². The van der Waals surface area contributed by atoms with Crippen LogP contribution >= 0.6 is 0 Å². The lowest BCUT2D eigenvalue weighted by atomic mass is 10.0. The third kappa shape index (κ3) is 5.08. The van der Waals surface area contributed by atoms with Gasteiger partial charge in [0.15, 0.2) is 0 Å². The summed E-state index contributed by atoms with van der Waals surface area (Å²) in [5, 5.41) is 7.58. The molecule has 9 aromatic carbocycles. The van der Waals surface area contributed by atoms with Gasteiger partial charge in [-0.2, -0.15) is 0 Å². The number of aromatic nitrogens is 4. The van der Waals surface area contributed by atoms with E-state index in [4.69, 9.17) is 14.4 Å². The van der Waals surface area contributed by atoms with Crippen molar-refractivity contribution in [3.8, 4) is 45.1 Å². The van der Waals surface area contributed by atoms with E-state index in [1.165, 1.54) is 16.7 Å². The first-order chi connectivity index (χ1) is 30.3. The number of benzene rings is 9. The van der Waals surface area contributed by atoms with Crippen molar-refractivity contribution in [2.75, 3.05) is 0 Å². The predicted octanol–water partition coefficient (Wildman–Crippen LogP) is 14.7. The van der Waals surface area contributed by atoms with Crippen molar-refractivity contribution >= 4 is 76.5 Å². The van der Waals surface area contributed by atoms with Crippen molar-refractivity contribution in [3.05, 3.63) is 206 Å². The molecule has 0 bridgehead atoms. The normalized spacial score (nSPS) is 11.9. The Balaban J connectivity index is 1.15. The molecule has 0 spiro atoms. The Bertz CT molecular complexity index is 3860. The van der Waals surface area contributed by atoms with Crippen LogP contribution in [0.15, 0.2) is 211 Å². The van der Waals surface area contributed by atoms with E-state index in [0.717, 1.165) is 99.0 Å². The number of nitrogens with zero attached hydrogens (tertiary/aromatic N) is 4. The summed E-state index contributed by atoms with van der Waals surface area (Å²) in [6.45, 7) is 0. The standard InChI is InChI=1S/C56H34N4O/c1-3-14-35(15-4-1)37-26-28-38(29-27-37)53-43-21-7-10-23-46(43)57-56(58-53)60-49-32-30-42-41-20-9-12-25-50(41)61-55(42)52(49)45-31-33-48-51(54(45)60)44-22-8-11-24-47(44)59(48)40-19-13-18-39(34-40)36-16-5-2-6-17-36/h1-34H. The van der Waals surface area contributed by atoms with Crippen molar-refractivity contribution in [3.63, 3.8) is 0 Å². The Morgan fingerprint density at radius 3 is 1.77 bits per heavy atom. The highest BCUT2D eigenvalue weighted by Crippen LogP contribution is 2.45. The fraction of sp³-hybridized carbons (Fsp3) is 0. The first-order valence-corrected chi connectivity index (χ1v) is 20.7. The first kappa shape index (κ1) is 33.7. The molecule has 0 N–H and O–H groups in total. The van der Waals surface area contributed by atoms with Crippen molar-refractivity contribution < 1.29 is 4.42 Å². The van der Waals surface area contributed by atoms with Gasteiger partial charge in [-0.3, -0.25) is 4.57 Å². The molecule has 284 valence electrons. The summed E-state index contributed by atoms with van der Waals surface area (Å²) in [5.41, 5.74) is 14.5. The van der Waals surface area contributed by atoms with Crippen LogP contribution in [0.5, 0.6) is 0 Å². The molecule has 13 aromatic rings. The molecular formula is C56H34N4O. The maximum absolute atomic E-state index is 6.80. The van der Waals surface area contributed by atoms with E-state index < -0.39 is 0 Å². The lowest BCUT2D eigenvalue weighted by molar-refractivity contribution is 0.673. The molecule has 5 heteroatoms. The van der Waals surface area contributed by atoms with Gasteiger partial charge in [-0.15, -0.1) is 0 Å². The fourth-order valence-corrected chi connectivity index (χ4v) is 9.60. The van der Waals surface area contributed by atoms with Crippen LogP contribution in [-0.4, -0.2) is 19.1 Å². The van der Waals surface area contributed by atoms with Gasteiger partial charge in [0.05, 0.1) is 38.7 Å². The monoisotopic (exact) mass is 778 g/mol. The fourth-order valence-electron chi connectivity index (χ4n) is 9.60. The van der Waals surface area contributed by atoms with E-state index in [1.807, 2.05) is 6.07 Å². The summed E-state index contributed by atoms with van der Waals surface area (Å²) in [7, 11) is 0. The Morgan fingerprint density at radius 2 is 0.967 bits per heavy atom. The molecule has 0 radical (unpaired) electrons. The van der Waals surface area contributed by atoms with Gasteiger partial charge < -0.3 is 8.98 Å². The smallest absolute Gasteiger partial charge is 0.235 e. The minimum Gasteiger partial charge on any atom is -0.455 e. The van der Waals surface area contributed by atoms with Crippen LogP contribution in [0.4, 0.5) is 0 Å². The Labute approximate surface area is 350 Å². The zero-order valence-electron chi connectivity index (χ0n) is 32.8. The van der Waals surface area contributed by atoms with E-state index in [0.29, 0.717) is 5.95 Å². The molecule has 13 rings (SSSR count). The molecule has 0 aliphatic carbocycles. The minimum atomic E-state index is 0.603. The predicted molar refractivity (Wildman–Crippen MR) is 252 cm³/mol. The molecule has 0 unspecified atom stereocenters. The summed E-state index contributed by atoms with van der Waals surface area (Å²) in [6.07, 6.45) is 0. The second-order valence-corrected chi connectivity index (χ2v) is 15.7. The third-order valence-electron chi connectivity index (χ3n) is 12.3. The second kappa shape index (κ2) is 13.1. The summed E-state index contributed by atoms with van der Waals surface area (Å²) in [5.74, 6) is 0.603. The van der Waals surface area contributed by atoms with Crippen LogP contribution in [0.3, 0.4) is 0 Å². The number of hydrogen-bond acceptors (Lipinski definition) is 3. The molecule has 0 amide bonds. The number of fused-ring (bicyclic) bond motifs is 12. The van der Waals surface area contributed by atoms with Gasteiger partial charge in [0.1, 0.15) is 11.2 Å². The summed E-state index contributed by atoms with van der Waals surface area (Å²) in [6, 6.07) is 73.0. The van der Waals surface area contributed by atoms with Gasteiger partial charge in [-0.05, 0) is 76.9 Å². The molecule has 0 aliphatic rings. The molecule has 4 heterocycles. The van der Waals surface area contributed by atoms with E-state index in [-0.39, 0.29) is 0 Å². The third-order valence-corrected chi connectivity index (χ3v) is 12.3. The van der Waals surface area contributed by atoms with Gasteiger partial charge in [0.2, 0.25) is 5.95 Å². The van der Waals surface area contributed by atoms with Crippen molar-refractivity contribution in [1.82, 2.24) is 19.1 Å². The van der Waals surface area contributed by atoms with Gasteiger partial charge in [0, 0.05) is 43.6 Å². The second-order valence-electron chi connectivity index (χ2n) is 15.7. The first-order valence-electron chi connectivity index (χ1n) is 20.7. The van der Waals surface area contributed by atoms with Crippen molar-refractivity contribution in [2.24, 2.45) is 0 Å². The molecule has 0 aliphatic heterocycles. The van der Waals surface area contributed by atoms with Crippen LogP contribution in [0.2, 0.25) is 0 Å². The molecule has 0 fully saturated rings. The van der Waals surface area contributed by atoms with E-state index >= 15 is 0 Å². The summed E-state index contributed by atoms with van der Waals surface area (Å²) in [4.78, 5) is 11.0. The Morgan fingerprint density at radius 1 is 0.361 bits per heavy atom. The van der Waals surface area contributed by atoms with E-state index in [2.05, 4.69) is 209 Å². The zero-order chi connectivity index (χ0) is 40.0. The zero-order valence-corrected chi connectivity index (χ0v) is 32.8. The molecular weight excluding hydrogens is 745 g/mol. The topological polar surface area (TPSA) is 48.8 Å². The molecule has 5 nitrogen and oxygen atoms in total. The van der Waals surface area contributed by atoms with Crippen molar-refractivity contribution in [1.29, 1.82) is 0 Å². The lowest BCUT2D eigenvalue weighted by Crippen LogP contribution is -2.03. The highest BCUT2D eigenvalue weighted by atomic mass is 16.3. The van der Waals surface area contributed by atoms with Gasteiger partial charge in [0.25, 0.3) is 0 Å². The lowest BCUT2D eigenvalue weighted by Gasteiger charge is -2.13. The largest absolute Gasteiger partial charge is 0.455 e. The maximum atomic E-state index is 6.80. The number of furan rings is 1. The van der Waals surface area contributed by atoms with Gasteiger partial charge >= 0.3 is 0 Å². The van der Waals surface area contributed by atoms with Crippen LogP contribution in [-0.2, 0) is 0 Å². The Hall–Kier alpha value is -8.28. The molecule has 0 atom stereocenters. The minimum absolute atomic E-state index is 0.603. The highest BCUT2D eigenvalue weighted by Gasteiger charge is 2.25. The maximum Gasteiger partial charge on any atom is 0.235 e. The van der Waals surface area contributed by atoms with Crippen LogP contribution < -0.4 is 0 Å².